The summed E-state index contributed by atoms with van der Waals surface area (Å²) >= 11 is 0. The second kappa shape index (κ2) is 12.0. The van der Waals surface area contributed by atoms with Crippen molar-refractivity contribution >= 4 is 0 Å². The van der Waals surface area contributed by atoms with Crippen molar-refractivity contribution in [3.8, 4) is 22.6 Å². The second-order valence-corrected chi connectivity index (χ2v) is 9.19. The van der Waals surface area contributed by atoms with Crippen molar-refractivity contribution < 1.29 is 40.2 Å². The lowest BCUT2D eigenvalue weighted by Gasteiger charge is -2.21. The van der Waals surface area contributed by atoms with Gasteiger partial charge in [-0.2, -0.15) is 17.6 Å². The van der Waals surface area contributed by atoms with Crippen LogP contribution in [-0.4, -0.2) is 0 Å². The van der Waals surface area contributed by atoms with Crippen LogP contribution < -0.4 is 9.47 Å². The molecule has 0 aromatic heterocycles. The smallest absolute Gasteiger partial charge is 0.426 e. The molecule has 0 bridgehead atoms. The molecule has 0 saturated heterocycles. The maximum absolute atomic E-state index is 14.8. The van der Waals surface area contributed by atoms with Gasteiger partial charge in [-0.05, 0) is 84.6 Å². The van der Waals surface area contributed by atoms with Gasteiger partial charge in [0, 0.05) is 11.6 Å². The summed E-state index contributed by atoms with van der Waals surface area (Å²) in [7, 11) is 0. The Bertz CT molecular complexity index is 1440. The number of aryl methyl sites for hydroxylation is 1. The normalized spacial score (nSPS) is 11.9. The van der Waals surface area contributed by atoms with E-state index in [0.717, 1.165) is 85.8 Å². The molecule has 2 nitrogen and oxygen atoms in total. The van der Waals surface area contributed by atoms with Crippen LogP contribution >= 0.6 is 0 Å². The minimum atomic E-state index is -3.95. The molecule has 9 heteroatoms. The molecule has 4 rings (SSSR count). The van der Waals surface area contributed by atoms with Gasteiger partial charge in [0.2, 0.25) is 0 Å². The molecule has 40 heavy (non-hydrogen) atoms. The van der Waals surface area contributed by atoms with E-state index in [2.05, 4.69) is 11.7 Å². The van der Waals surface area contributed by atoms with Gasteiger partial charge in [0.25, 0.3) is 0 Å². The molecule has 4 aromatic rings. The quantitative estimate of drug-likeness (QED) is 0.134. The first-order chi connectivity index (χ1) is 19.0. The molecule has 0 saturated carbocycles. The summed E-state index contributed by atoms with van der Waals surface area (Å²) in [6.45, 7) is 2.07. The Morgan fingerprint density at radius 3 is 1.73 bits per heavy atom. The Kier molecular flexibility index (Phi) is 8.71. The molecule has 0 unspecified atom stereocenters. The molecule has 0 spiro atoms. The topological polar surface area (TPSA) is 18.5 Å². The molecular weight excluding hydrogens is 537 g/mol. The summed E-state index contributed by atoms with van der Waals surface area (Å²) in [6, 6.07) is 14.9. The molecule has 0 aliphatic carbocycles. The summed E-state index contributed by atoms with van der Waals surface area (Å²) in [5.41, 5.74) is -0.283. The van der Waals surface area contributed by atoms with Gasteiger partial charge in [-0.15, -0.1) is 0 Å². The third-order valence-corrected chi connectivity index (χ3v) is 6.21. The average Bonchev–Trinajstić information content (AvgIpc) is 2.91. The zero-order valence-electron chi connectivity index (χ0n) is 21.4. The number of rotatable bonds is 11. The van der Waals surface area contributed by atoms with E-state index in [-0.39, 0.29) is 22.4 Å². The summed E-state index contributed by atoms with van der Waals surface area (Å²) < 4.78 is 109. The van der Waals surface area contributed by atoms with Crippen molar-refractivity contribution in [2.75, 3.05) is 0 Å². The standard InChI is InChI=1S/C31H25F7O2/c1-2-3-4-5-20-6-9-22(10-7-20)30(35,36)39-24-13-11-23(12-14-24)31(37,38)40-25-15-16-26(28(33)19-25)21-8-17-27(32)29(34)18-21/h6-19H,2-5H2,1H3. The number of ether oxygens (including phenoxy) is 2. The molecule has 0 aliphatic heterocycles. The summed E-state index contributed by atoms with van der Waals surface area (Å²) in [5.74, 6) is -4.20. The molecule has 0 amide bonds. The molecule has 0 heterocycles. The van der Waals surface area contributed by atoms with Gasteiger partial charge in [0.15, 0.2) is 11.6 Å². The number of unbranched alkanes of at least 4 members (excludes halogenated alkanes) is 2. The lowest BCUT2D eigenvalue weighted by Crippen LogP contribution is -2.23. The van der Waals surface area contributed by atoms with E-state index in [0.29, 0.717) is 6.07 Å². The molecular formula is C31H25F7O2. The van der Waals surface area contributed by atoms with Crippen molar-refractivity contribution in [3.63, 3.8) is 0 Å². The Morgan fingerprint density at radius 1 is 0.575 bits per heavy atom. The highest BCUT2D eigenvalue weighted by Crippen LogP contribution is 2.36. The number of alkyl halides is 4. The van der Waals surface area contributed by atoms with Gasteiger partial charge >= 0.3 is 12.2 Å². The minimum absolute atomic E-state index is 0.00465. The van der Waals surface area contributed by atoms with Gasteiger partial charge in [-0.25, -0.2) is 13.2 Å². The minimum Gasteiger partial charge on any atom is -0.429 e. The fourth-order valence-corrected chi connectivity index (χ4v) is 4.03. The highest BCUT2D eigenvalue weighted by Gasteiger charge is 2.37. The van der Waals surface area contributed by atoms with Gasteiger partial charge in [-0.1, -0.05) is 38.0 Å². The molecule has 210 valence electrons. The van der Waals surface area contributed by atoms with Crippen molar-refractivity contribution in [3.05, 3.63) is 119 Å². The van der Waals surface area contributed by atoms with Crippen LogP contribution in [0.4, 0.5) is 30.7 Å². The average molecular weight is 563 g/mol. The molecule has 0 aliphatic rings. The molecule has 4 aromatic carbocycles. The lowest BCUT2D eigenvalue weighted by atomic mass is 10.0. The van der Waals surface area contributed by atoms with Crippen LogP contribution in [0.5, 0.6) is 11.5 Å². The highest BCUT2D eigenvalue weighted by atomic mass is 19.3. The van der Waals surface area contributed by atoms with Gasteiger partial charge in [0.05, 0.1) is 11.1 Å². The van der Waals surface area contributed by atoms with E-state index < -0.39 is 41.0 Å². The zero-order valence-corrected chi connectivity index (χ0v) is 21.4. The van der Waals surface area contributed by atoms with E-state index in [1.165, 1.54) is 12.1 Å². The second-order valence-electron chi connectivity index (χ2n) is 9.19. The van der Waals surface area contributed by atoms with E-state index in [1.54, 1.807) is 12.1 Å². The first-order valence-corrected chi connectivity index (χ1v) is 12.6. The first-order valence-electron chi connectivity index (χ1n) is 12.6. The number of benzene rings is 4. The molecule has 0 atom stereocenters. The maximum Gasteiger partial charge on any atom is 0.426 e. The zero-order chi connectivity index (χ0) is 28.9. The van der Waals surface area contributed by atoms with E-state index in [1.807, 2.05) is 0 Å². The Labute approximate surface area is 227 Å². The SMILES string of the molecule is CCCCCc1ccc(C(F)(F)Oc2ccc(C(F)(F)Oc3ccc(-c4ccc(F)c(F)c4)c(F)c3)cc2)cc1. The number of halogens is 7. The predicted molar refractivity (Wildman–Crippen MR) is 137 cm³/mol. The van der Waals surface area contributed by atoms with Crippen LogP contribution in [0.15, 0.2) is 84.9 Å². The summed E-state index contributed by atoms with van der Waals surface area (Å²) in [6.07, 6.45) is -3.82. The van der Waals surface area contributed by atoms with Crippen LogP contribution in [0.2, 0.25) is 0 Å². The third kappa shape index (κ3) is 6.94. The third-order valence-electron chi connectivity index (χ3n) is 6.21. The van der Waals surface area contributed by atoms with E-state index >= 15 is 0 Å². The Balaban J connectivity index is 1.42. The molecule has 0 fully saturated rings. The largest absolute Gasteiger partial charge is 0.429 e. The van der Waals surface area contributed by atoms with Crippen LogP contribution in [0.1, 0.15) is 42.9 Å². The Morgan fingerprint density at radius 2 is 1.15 bits per heavy atom. The maximum atomic E-state index is 14.8. The molecule has 0 radical (unpaired) electrons. The van der Waals surface area contributed by atoms with Crippen molar-refractivity contribution in [1.29, 1.82) is 0 Å². The first kappa shape index (κ1) is 29.0. The van der Waals surface area contributed by atoms with Crippen LogP contribution in [0.3, 0.4) is 0 Å². The predicted octanol–water partition coefficient (Wildman–Crippen LogP) is 9.76. The van der Waals surface area contributed by atoms with E-state index in [4.69, 9.17) is 4.74 Å². The van der Waals surface area contributed by atoms with Gasteiger partial charge in [-0.3, -0.25) is 0 Å². The number of hydrogen-bond donors (Lipinski definition) is 0. The fourth-order valence-electron chi connectivity index (χ4n) is 4.03. The van der Waals surface area contributed by atoms with Crippen LogP contribution in [0.25, 0.3) is 11.1 Å². The van der Waals surface area contributed by atoms with Crippen molar-refractivity contribution in [1.82, 2.24) is 0 Å². The molecule has 0 N–H and O–H groups in total. The van der Waals surface area contributed by atoms with Gasteiger partial charge in [0.1, 0.15) is 17.3 Å². The lowest BCUT2D eigenvalue weighted by molar-refractivity contribution is -0.187. The Hall–Kier alpha value is -4.01. The summed E-state index contributed by atoms with van der Waals surface area (Å²) in [4.78, 5) is 0. The van der Waals surface area contributed by atoms with Crippen molar-refractivity contribution in [2.45, 2.75) is 44.8 Å². The fraction of sp³-hybridized carbons (Fsp3) is 0.226. The van der Waals surface area contributed by atoms with Crippen LogP contribution in [0, 0.1) is 17.5 Å². The summed E-state index contributed by atoms with van der Waals surface area (Å²) in [5, 5.41) is 0. The van der Waals surface area contributed by atoms with Crippen molar-refractivity contribution in [2.24, 2.45) is 0 Å². The van der Waals surface area contributed by atoms with Gasteiger partial charge < -0.3 is 9.47 Å². The monoisotopic (exact) mass is 562 g/mol. The van der Waals surface area contributed by atoms with Crippen LogP contribution in [-0.2, 0) is 18.6 Å². The highest BCUT2D eigenvalue weighted by molar-refractivity contribution is 5.65. The van der Waals surface area contributed by atoms with E-state index in [9.17, 15) is 30.7 Å². The number of hydrogen-bond acceptors (Lipinski definition) is 2.